The minimum atomic E-state index is -2.95. The van der Waals surface area contributed by atoms with E-state index in [0.717, 1.165) is 12.8 Å². The Kier molecular flexibility index (Phi) is 3.30. The van der Waals surface area contributed by atoms with E-state index in [-0.39, 0.29) is 5.25 Å². The number of aromatic nitrogens is 1. The van der Waals surface area contributed by atoms with Crippen molar-refractivity contribution in [3.05, 3.63) is 17.8 Å². The molecular formula is C10H16N2O3S. The zero-order chi connectivity index (χ0) is 11.6. The van der Waals surface area contributed by atoms with Crippen molar-refractivity contribution in [3.8, 4) is 0 Å². The van der Waals surface area contributed by atoms with Gasteiger partial charge in [0.1, 0.15) is 5.76 Å². The van der Waals surface area contributed by atoms with Gasteiger partial charge in [-0.1, -0.05) is 6.42 Å². The van der Waals surface area contributed by atoms with Crippen LogP contribution in [0.25, 0.3) is 0 Å². The second kappa shape index (κ2) is 4.55. The molecule has 1 aliphatic heterocycles. The lowest BCUT2D eigenvalue weighted by Crippen LogP contribution is -2.30. The van der Waals surface area contributed by atoms with E-state index >= 15 is 0 Å². The van der Waals surface area contributed by atoms with Crippen LogP contribution in [0, 0.1) is 0 Å². The average Bonchev–Trinajstić information content (AvgIpc) is 2.69. The maximum Gasteiger partial charge on any atom is 0.195 e. The molecule has 1 saturated heterocycles. The molecule has 1 unspecified atom stereocenters. The van der Waals surface area contributed by atoms with E-state index in [1.165, 1.54) is 0 Å². The van der Waals surface area contributed by atoms with Gasteiger partial charge in [0.2, 0.25) is 0 Å². The smallest absolute Gasteiger partial charge is 0.195 e. The van der Waals surface area contributed by atoms with Gasteiger partial charge in [-0.15, -0.1) is 0 Å². The highest BCUT2D eigenvalue weighted by atomic mass is 32.2. The van der Waals surface area contributed by atoms with E-state index in [1.54, 1.807) is 6.20 Å². The fraction of sp³-hybridized carbons (Fsp3) is 0.700. The average molecular weight is 244 g/mol. The monoisotopic (exact) mass is 244 g/mol. The molecule has 2 rings (SSSR count). The summed E-state index contributed by atoms with van der Waals surface area (Å²) in [6.07, 6.45) is 4.39. The highest BCUT2D eigenvalue weighted by Gasteiger charge is 2.30. The number of hydrogen-bond donors (Lipinski definition) is 1. The normalized spacial score (nSPS) is 24.4. The quantitative estimate of drug-likeness (QED) is 0.843. The van der Waals surface area contributed by atoms with Gasteiger partial charge in [-0.3, -0.25) is 0 Å². The highest BCUT2D eigenvalue weighted by molar-refractivity contribution is 7.92. The van der Waals surface area contributed by atoms with Crippen molar-refractivity contribution in [2.75, 3.05) is 5.75 Å². The third-order valence-corrected chi connectivity index (χ3v) is 5.19. The Labute approximate surface area is 95.0 Å². The molecule has 0 aliphatic carbocycles. The summed E-state index contributed by atoms with van der Waals surface area (Å²) in [6, 6.07) is 0. The molecule has 1 aromatic heterocycles. The third kappa shape index (κ3) is 2.44. The molecule has 0 saturated carbocycles. The zero-order valence-corrected chi connectivity index (χ0v) is 9.87. The number of oxazole rings is 1. The third-order valence-electron chi connectivity index (χ3n) is 2.92. The summed E-state index contributed by atoms with van der Waals surface area (Å²) in [5.74, 6) is 1.38. The number of hydrogen-bond acceptors (Lipinski definition) is 5. The molecule has 5 nitrogen and oxygen atoms in total. The molecule has 1 aromatic rings. The Morgan fingerprint density at radius 2 is 2.31 bits per heavy atom. The number of nitrogens with two attached hydrogens (primary N) is 1. The second-order valence-corrected chi connectivity index (χ2v) is 6.51. The molecule has 1 fully saturated rings. The van der Waals surface area contributed by atoms with E-state index in [4.69, 9.17) is 10.2 Å². The van der Waals surface area contributed by atoms with Gasteiger partial charge >= 0.3 is 0 Å². The topological polar surface area (TPSA) is 86.2 Å². The van der Waals surface area contributed by atoms with Gasteiger partial charge in [0.05, 0.1) is 23.7 Å². The zero-order valence-electron chi connectivity index (χ0n) is 9.05. The molecule has 0 spiro atoms. The lowest BCUT2D eigenvalue weighted by atomic mass is 10.1. The maximum absolute atomic E-state index is 11.8. The van der Waals surface area contributed by atoms with Crippen LogP contribution in [0.15, 0.2) is 10.6 Å². The van der Waals surface area contributed by atoms with Crippen LogP contribution in [0.1, 0.15) is 30.9 Å². The summed E-state index contributed by atoms with van der Waals surface area (Å²) >= 11 is 0. The second-order valence-electron chi connectivity index (χ2n) is 4.11. The van der Waals surface area contributed by atoms with Crippen LogP contribution in [0.3, 0.4) is 0 Å². The van der Waals surface area contributed by atoms with Crippen LogP contribution in [-0.2, 0) is 22.8 Å². The van der Waals surface area contributed by atoms with E-state index in [9.17, 15) is 8.42 Å². The first-order valence-corrected chi connectivity index (χ1v) is 7.18. The fourth-order valence-electron chi connectivity index (χ4n) is 1.98. The van der Waals surface area contributed by atoms with Gasteiger partial charge in [0.25, 0.3) is 0 Å². The summed E-state index contributed by atoms with van der Waals surface area (Å²) in [5.41, 5.74) is 5.40. The summed E-state index contributed by atoms with van der Waals surface area (Å²) in [4.78, 5) is 4.04. The Bertz CT molecular complexity index is 452. The molecule has 6 heteroatoms. The first-order chi connectivity index (χ1) is 7.62. The van der Waals surface area contributed by atoms with Crippen molar-refractivity contribution in [3.63, 3.8) is 0 Å². The van der Waals surface area contributed by atoms with Crippen LogP contribution in [0.2, 0.25) is 0 Å². The minimum Gasteiger partial charge on any atom is -0.444 e. The molecule has 1 atom stereocenters. The fourth-order valence-corrected chi connectivity index (χ4v) is 3.84. The molecule has 2 N–H and O–H groups in total. The van der Waals surface area contributed by atoms with Crippen LogP contribution in [-0.4, -0.2) is 24.4 Å². The Balaban J connectivity index is 2.08. The molecule has 2 heterocycles. The van der Waals surface area contributed by atoms with Crippen LogP contribution in [0.5, 0.6) is 0 Å². The SMILES string of the molecule is NCc1cnc(CC2CCCCS2(=O)=O)o1. The molecule has 0 bridgehead atoms. The van der Waals surface area contributed by atoms with Crippen molar-refractivity contribution in [2.24, 2.45) is 5.73 Å². The summed E-state index contributed by atoms with van der Waals surface area (Å²) < 4.78 is 28.9. The molecule has 0 radical (unpaired) electrons. The van der Waals surface area contributed by atoms with Crippen molar-refractivity contribution in [2.45, 2.75) is 37.5 Å². The van der Waals surface area contributed by atoms with Crippen LogP contribution >= 0.6 is 0 Å². The summed E-state index contributed by atoms with van der Waals surface area (Å²) in [6.45, 7) is 0.296. The Hall–Kier alpha value is -0.880. The summed E-state index contributed by atoms with van der Waals surface area (Å²) in [7, 11) is -2.95. The minimum absolute atomic E-state index is 0.294. The maximum atomic E-state index is 11.8. The number of nitrogens with zero attached hydrogens (tertiary/aromatic N) is 1. The first kappa shape index (κ1) is 11.6. The van der Waals surface area contributed by atoms with Crippen molar-refractivity contribution in [1.29, 1.82) is 0 Å². The summed E-state index contributed by atoms with van der Waals surface area (Å²) in [5, 5.41) is -0.328. The van der Waals surface area contributed by atoms with Gasteiger partial charge in [-0.25, -0.2) is 13.4 Å². The number of sulfone groups is 1. The number of rotatable bonds is 3. The predicted molar refractivity (Wildman–Crippen MR) is 59.5 cm³/mol. The lowest BCUT2D eigenvalue weighted by molar-refractivity contribution is 0.439. The van der Waals surface area contributed by atoms with Crippen molar-refractivity contribution in [1.82, 2.24) is 4.98 Å². The highest BCUT2D eigenvalue weighted by Crippen LogP contribution is 2.22. The molecule has 1 aliphatic rings. The Morgan fingerprint density at radius 1 is 1.50 bits per heavy atom. The molecule has 0 aromatic carbocycles. The van der Waals surface area contributed by atoms with E-state index in [1.807, 2.05) is 0 Å². The van der Waals surface area contributed by atoms with Gasteiger partial charge in [0.15, 0.2) is 15.7 Å². The van der Waals surface area contributed by atoms with Gasteiger partial charge < -0.3 is 10.2 Å². The molecule has 90 valence electrons. The predicted octanol–water partition coefficient (Wildman–Crippen LogP) is 0.643. The molecular weight excluding hydrogens is 228 g/mol. The van der Waals surface area contributed by atoms with Gasteiger partial charge in [-0.2, -0.15) is 0 Å². The van der Waals surface area contributed by atoms with E-state index in [0.29, 0.717) is 36.8 Å². The Morgan fingerprint density at radius 3 is 2.94 bits per heavy atom. The molecule has 16 heavy (non-hydrogen) atoms. The van der Waals surface area contributed by atoms with Crippen molar-refractivity contribution < 1.29 is 12.8 Å². The van der Waals surface area contributed by atoms with E-state index in [2.05, 4.69) is 4.98 Å². The van der Waals surface area contributed by atoms with Gasteiger partial charge in [-0.05, 0) is 12.8 Å². The standard InChI is InChI=1S/C10H16N2O3S/c11-6-8-7-12-10(15-8)5-9-3-1-2-4-16(9,13)14/h7,9H,1-6,11H2. The lowest BCUT2D eigenvalue weighted by Gasteiger charge is -2.20. The molecule has 0 amide bonds. The van der Waals surface area contributed by atoms with E-state index < -0.39 is 9.84 Å². The first-order valence-electron chi connectivity index (χ1n) is 5.47. The van der Waals surface area contributed by atoms with Crippen molar-refractivity contribution >= 4 is 9.84 Å². The van der Waals surface area contributed by atoms with Gasteiger partial charge in [0, 0.05) is 6.42 Å². The van der Waals surface area contributed by atoms with Crippen LogP contribution in [0.4, 0.5) is 0 Å². The van der Waals surface area contributed by atoms with Crippen LogP contribution < -0.4 is 5.73 Å². The largest absolute Gasteiger partial charge is 0.444 e.